The smallest absolute Gasteiger partial charge is 0.268 e. The number of carbonyl (C=O) groups excluding carboxylic acids is 2. The van der Waals surface area contributed by atoms with E-state index in [1.807, 2.05) is 0 Å². The predicted molar refractivity (Wildman–Crippen MR) is 73.0 cm³/mol. The molecule has 0 N–H and O–H groups in total. The van der Waals surface area contributed by atoms with Crippen LogP contribution in [-0.4, -0.2) is 38.3 Å². The first kappa shape index (κ1) is 15.9. The van der Waals surface area contributed by atoms with Gasteiger partial charge in [0.25, 0.3) is 5.92 Å². The number of hydrogen-bond acceptors (Lipinski definition) is 6. The molecular weight excluding hydrogens is 322 g/mol. The number of thiol groups is 2. The van der Waals surface area contributed by atoms with Gasteiger partial charge in [-0.05, 0) is 0 Å². The quantitative estimate of drug-likeness (QED) is 0.473. The van der Waals surface area contributed by atoms with Crippen molar-refractivity contribution in [3.8, 4) is 6.07 Å². The molecule has 2 unspecified atom stereocenters. The van der Waals surface area contributed by atoms with Crippen LogP contribution in [0.25, 0.3) is 0 Å². The van der Waals surface area contributed by atoms with Gasteiger partial charge in [0.2, 0.25) is 10.4 Å². The third-order valence-corrected chi connectivity index (χ3v) is 5.17. The Morgan fingerprint density at radius 2 is 2.17 bits per heavy atom. The van der Waals surface area contributed by atoms with E-state index in [2.05, 4.69) is 24.3 Å². The summed E-state index contributed by atoms with van der Waals surface area (Å²) in [5.41, 5.74) is 0. The largest absolute Gasteiger partial charge is 0.319 e. The highest BCUT2D eigenvalue weighted by Gasteiger charge is 2.48. The van der Waals surface area contributed by atoms with Gasteiger partial charge >= 0.3 is 0 Å². The lowest BCUT2D eigenvalue weighted by Gasteiger charge is -2.22. The van der Waals surface area contributed by atoms with E-state index in [-0.39, 0.29) is 0 Å². The lowest BCUT2D eigenvalue weighted by atomic mass is 10.2. The molecule has 18 heavy (non-hydrogen) atoms. The molecule has 1 saturated heterocycles. The second kappa shape index (κ2) is 6.36. The number of thioether (sulfide) groups is 1. The van der Waals surface area contributed by atoms with Gasteiger partial charge < -0.3 is 4.90 Å². The second-order valence-corrected chi connectivity index (χ2v) is 6.89. The molecule has 100 valence electrons. The zero-order valence-electron chi connectivity index (χ0n) is 8.75. The van der Waals surface area contributed by atoms with Crippen LogP contribution in [0.3, 0.4) is 0 Å². The maximum atomic E-state index is 13.2. The molecule has 10 heteroatoms. The van der Waals surface area contributed by atoms with Gasteiger partial charge in [0, 0.05) is 6.42 Å². The average Bonchev–Trinajstić information content (AvgIpc) is 2.60. The van der Waals surface area contributed by atoms with Crippen LogP contribution in [0.5, 0.6) is 0 Å². The van der Waals surface area contributed by atoms with Gasteiger partial charge in [-0.3, -0.25) is 9.59 Å². The highest BCUT2D eigenvalue weighted by atomic mass is 33.1. The Bertz CT molecular complexity index is 401. The van der Waals surface area contributed by atoms with Crippen molar-refractivity contribution in [1.29, 1.82) is 5.26 Å². The van der Waals surface area contributed by atoms with E-state index in [0.717, 1.165) is 15.7 Å². The predicted octanol–water partition coefficient (Wildman–Crippen LogP) is 2.43. The van der Waals surface area contributed by atoms with Gasteiger partial charge in [-0.2, -0.15) is 5.26 Å². The van der Waals surface area contributed by atoms with E-state index < -0.39 is 39.9 Å². The summed E-state index contributed by atoms with van der Waals surface area (Å²) in [6.07, 6.45) is -0.682. The Labute approximate surface area is 121 Å². The Morgan fingerprint density at radius 3 is 2.61 bits per heavy atom. The molecule has 0 aliphatic carbocycles. The summed E-state index contributed by atoms with van der Waals surface area (Å²) in [6.45, 7) is -0.809. The molecule has 1 heterocycles. The van der Waals surface area contributed by atoms with Gasteiger partial charge in [0.15, 0.2) is 0 Å². The summed E-state index contributed by atoms with van der Waals surface area (Å²) in [5.74, 6) is -3.79. The normalized spacial score (nSPS) is 23.5. The van der Waals surface area contributed by atoms with Crippen LogP contribution < -0.4 is 0 Å². The molecule has 0 bridgehead atoms. The fourth-order valence-corrected chi connectivity index (χ4v) is 3.78. The molecule has 0 spiro atoms. The summed E-state index contributed by atoms with van der Waals surface area (Å²) < 4.78 is 24.7. The molecule has 0 aromatic heterocycles. The molecule has 1 fully saturated rings. The van der Waals surface area contributed by atoms with Gasteiger partial charge in [-0.1, -0.05) is 35.2 Å². The van der Waals surface area contributed by atoms with Crippen molar-refractivity contribution in [2.75, 3.05) is 6.54 Å². The lowest BCUT2D eigenvalue weighted by Crippen LogP contribution is -2.40. The van der Waals surface area contributed by atoms with Gasteiger partial charge in [0.05, 0.1) is 12.6 Å². The first-order chi connectivity index (χ1) is 8.30. The molecule has 0 aromatic carbocycles. The Kier molecular flexibility index (Phi) is 5.64. The standard InChI is InChI=1S/C8H8F2N2O2S4/c9-8(10)1-4(2-11)12(3-8)5(13)6(18-16)17-7(14)15/h4,6,16H,1,3H2,(H,14,15). The number of carbonyl (C=O) groups is 2. The van der Waals surface area contributed by atoms with E-state index in [4.69, 9.17) is 5.26 Å². The average molecular weight is 330 g/mol. The topological polar surface area (TPSA) is 61.2 Å². The Balaban J connectivity index is 2.82. The third-order valence-electron chi connectivity index (χ3n) is 2.21. The number of halogens is 2. The number of amides is 1. The van der Waals surface area contributed by atoms with Gasteiger partial charge in [-0.25, -0.2) is 8.78 Å². The van der Waals surface area contributed by atoms with Crippen molar-refractivity contribution in [2.24, 2.45) is 0 Å². The summed E-state index contributed by atoms with van der Waals surface area (Å²) in [6, 6.07) is 0.486. The summed E-state index contributed by atoms with van der Waals surface area (Å²) in [7, 11) is 0.748. The maximum absolute atomic E-state index is 13.2. The molecule has 0 saturated carbocycles. The number of nitrogens with zero attached hydrogens (tertiary/aromatic N) is 2. The van der Waals surface area contributed by atoms with Crippen molar-refractivity contribution in [3.63, 3.8) is 0 Å². The number of likely N-dealkylation sites (tertiary alicyclic amines) is 1. The zero-order chi connectivity index (χ0) is 13.9. The molecule has 0 aromatic rings. The molecule has 1 rings (SSSR count). The molecular formula is C8H8F2N2O2S4. The molecule has 1 amide bonds. The van der Waals surface area contributed by atoms with E-state index in [9.17, 15) is 18.4 Å². The van der Waals surface area contributed by atoms with Crippen LogP contribution in [0.2, 0.25) is 0 Å². The monoisotopic (exact) mass is 330 g/mol. The van der Waals surface area contributed by atoms with Crippen LogP contribution in [-0.2, 0) is 4.79 Å². The molecule has 0 radical (unpaired) electrons. The number of hydrogen-bond donors (Lipinski definition) is 2. The minimum Gasteiger partial charge on any atom is -0.319 e. The molecule has 1 aliphatic heterocycles. The van der Waals surface area contributed by atoms with Crippen LogP contribution in [0.4, 0.5) is 13.6 Å². The van der Waals surface area contributed by atoms with Crippen LogP contribution in [0, 0.1) is 11.3 Å². The van der Waals surface area contributed by atoms with Crippen molar-refractivity contribution < 1.29 is 18.4 Å². The minimum absolute atomic E-state index is 0.574. The van der Waals surface area contributed by atoms with E-state index in [1.54, 1.807) is 6.07 Å². The number of rotatable bonds is 3. The first-order valence-corrected chi connectivity index (χ1v) is 7.84. The van der Waals surface area contributed by atoms with Crippen molar-refractivity contribution in [2.45, 2.75) is 23.0 Å². The van der Waals surface area contributed by atoms with E-state index in [0.29, 0.717) is 11.8 Å². The summed E-state index contributed by atoms with van der Waals surface area (Å²) in [5, 5.41) is 8.76. The van der Waals surface area contributed by atoms with Crippen LogP contribution >= 0.6 is 46.8 Å². The number of nitriles is 1. The Hall–Kier alpha value is -0.110. The summed E-state index contributed by atoms with van der Waals surface area (Å²) in [4.78, 5) is 23.5. The maximum Gasteiger partial charge on any atom is 0.268 e. The zero-order valence-corrected chi connectivity index (χ0v) is 12.2. The summed E-state index contributed by atoms with van der Waals surface area (Å²) >= 11 is 7.89. The lowest BCUT2D eigenvalue weighted by molar-refractivity contribution is -0.130. The Morgan fingerprint density at radius 1 is 1.56 bits per heavy atom. The molecule has 1 aliphatic rings. The highest BCUT2D eigenvalue weighted by molar-refractivity contribution is 8.71. The van der Waals surface area contributed by atoms with E-state index >= 15 is 0 Å². The molecule has 4 nitrogen and oxygen atoms in total. The molecule has 2 atom stereocenters. The highest BCUT2D eigenvalue weighted by Crippen LogP contribution is 2.36. The fraction of sp³-hybridized carbons (Fsp3) is 0.625. The van der Waals surface area contributed by atoms with Crippen LogP contribution in [0.15, 0.2) is 0 Å². The van der Waals surface area contributed by atoms with Crippen molar-refractivity contribution >= 4 is 57.2 Å². The first-order valence-electron chi connectivity index (χ1n) is 4.58. The van der Waals surface area contributed by atoms with Gasteiger partial charge in [0.1, 0.15) is 10.6 Å². The minimum atomic E-state index is -3.07. The fourth-order valence-electron chi connectivity index (χ4n) is 1.51. The SMILES string of the molecule is N#CC1CC(F)(F)CN1C(=O)C(SS)SC(=O)S. The third kappa shape index (κ3) is 3.94. The van der Waals surface area contributed by atoms with Crippen LogP contribution in [0.1, 0.15) is 6.42 Å². The number of alkyl halides is 2. The van der Waals surface area contributed by atoms with Crippen molar-refractivity contribution in [1.82, 2.24) is 4.90 Å². The van der Waals surface area contributed by atoms with E-state index in [1.165, 1.54) is 0 Å². The van der Waals surface area contributed by atoms with Gasteiger partial charge in [-0.15, -0.1) is 11.7 Å². The second-order valence-electron chi connectivity index (χ2n) is 3.49. The van der Waals surface area contributed by atoms with Crippen molar-refractivity contribution in [3.05, 3.63) is 0 Å².